The normalized spacial score (nSPS) is 34.0. The zero-order chi connectivity index (χ0) is 33.7. The highest BCUT2D eigenvalue weighted by molar-refractivity contribution is 5.90. The van der Waals surface area contributed by atoms with E-state index in [2.05, 4.69) is 4.98 Å². The predicted molar refractivity (Wildman–Crippen MR) is 153 cm³/mol. The van der Waals surface area contributed by atoms with Gasteiger partial charge >= 0.3 is 29.8 Å². The Bertz CT molecular complexity index is 1500. The minimum absolute atomic E-state index is 0.0305. The standard InChI is InChI=1S/C32H37NO13/c1-17(34)41-16-31-24(44-28(38)21-9-11-40-15-21)12-22-25(43-19(3)36)32(31,46-29(22,4)5)30(6,39)13-23(42-18(2)35)26(31)45-27(37)20-8-7-10-33-14-20/h7-11,14-15,22-26,39H,12-13,16H2,1-6H3. The van der Waals surface area contributed by atoms with Gasteiger partial charge in [-0.15, -0.1) is 0 Å². The highest BCUT2D eigenvalue weighted by Gasteiger charge is 2.86. The van der Waals surface area contributed by atoms with E-state index in [4.69, 9.17) is 32.8 Å². The van der Waals surface area contributed by atoms with Crippen LogP contribution in [0, 0.1) is 11.3 Å². The fraction of sp³-hybridized carbons (Fsp3) is 0.562. The summed E-state index contributed by atoms with van der Waals surface area (Å²) in [7, 11) is 0. The van der Waals surface area contributed by atoms with Crippen LogP contribution in [-0.2, 0) is 42.8 Å². The van der Waals surface area contributed by atoms with Crippen LogP contribution in [0.1, 0.15) is 75.1 Å². The summed E-state index contributed by atoms with van der Waals surface area (Å²) in [5.74, 6) is -4.67. The van der Waals surface area contributed by atoms with E-state index in [0.29, 0.717) is 0 Å². The summed E-state index contributed by atoms with van der Waals surface area (Å²) in [6.45, 7) is 7.66. The molecule has 0 aromatic carbocycles. The van der Waals surface area contributed by atoms with Gasteiger partial charge in [-0.05, 0) is 45.4 Å². The third kappa shape index (κ3) is 5.32. The van der Waals surface area contributed by atoms with Gasteiger partial charge in [0.1, 0.15) is 36.6 Å². The first kappa shape index (κ1) is 33.1. The number of nitrogens with zero attached hydrogens (tertiary/aromatic N) is 1. The van der Waals surface area contributed by atoms with Crippen molar-refractivity contribution in [2.24, 2.45) is 11.3 Å². The maximum atomic E-state index is 13.7. The van der Waals surface area contributed by atoms with Gasteiger partial charge in [-0.3, -0.25) is 19.4 Å². The second-order valence-electron chi connectivity index (χ2n) is 12.7. The molecule has 8 atom stereocenters. The number of hydrogen-bond donors (Lipinski definition) is 1. The molecule has 3 aliphatic rings. The first-order valence-electron chi connectivity index (χ1n) is 14.8. The average molecular weight is 644 g/mol. The lowest BCUT2D eigenvalue weighted by atomic mass is 9.46. The van der Waals surface area contributed by atoms with Gasteiger partial charge in [-0.1, -0.05) is 0 Å². The number of rotatable bonds is 8. The molecule has 3 fully saturated rings. The van der Waals surface area contributed by atoms with E-state index < -0.39 is 89.0 Å². The molecular formula is C32H37NO13. The zero-order valence-electron chi connectivity index (χ0n) is 26.3. The molecule has 1 spiro atoms. The molecule has 0 amide bonds. The lowest BCUT2D eigenvalue weighted by Gasteiger charge is -2.65. The first-order valence-corrected chi connectivity index (χ1v) is 14.8. The van der Waals surface area contributed by atoms with Crippen molar-refractivity contribution in [3.05, 3.63) is 54.2 Å². The van der Waals surface area contributed by atoms with Crippen LogP contribution in [0.15, 0.2) is 47.5 Å². The number of carbonyl (C=O) groups is 5. The van der Waals surface area contributed by atoms with Crippen LogP contribution in [0.3, 0.4) is 0 Å². The number of aliphatic hydroxyl groups is 1. The second kappa shape index (κ2) is 11.8. The molecule has 46 heavy (non-hydrogen) atoms. The quantitative estimate of drug-likeness (QED) is 0.327. The Morgan fingerprint density at radius 1 is 0.913 bits per heavy atom. The number of hydrogen-bond acceptors (Lipinski definition) is 14. The largest absolute Gasteiger partial charge is 0.472 e. The van der Waals surface area contributed by atoms with Crippen molar-refractivity contribution in [2.75, 3.05) is 6.61 Å². The van der Waals surface area contributed by atoms with Crippen molar-refractivity contribution in [1.82, 2.24) is 4.98 Å². The lowest BCUT2D eigenvalue weighted by molar-refractivity contribution is -0.354. The van der Waals surface area contributed by atoms with Gasteiger partial charge in [-0.25, -0.2) is 9.59 Å². The Kier molecular flexibility index (Phi) is 8.49. The van der Waals surface area contributed by atoms with E-state index in [1.165, 1.54) is 57.0 Å². The van der Waals surface area contributed by atoms with Gasteiger partial charge in [0.2, 0.25) is 0 Å². The summed E-state index contributed by atoms with van der Waals surface area (Å²) < 4.78 is 41.5. The van der Waals surface area contributed by atoms with Gasteiger partial charge in [0, 0.05) is 45.5 Å². The lowest BCUT2D eigenvalue weighted by Crippen LogP contribution is -2.83. The van der Waals surface area contributed by atoms with Crippen molar-refractivity contribution in [2.45, 2.75) is 95.6 Å². The Morgan fingerprint density at radius 3 is 2.20 bits per heavy atom. The molecule has 1 N–H and O–H groups in total. The number of pyridine rings is 1. The Morgan fingerprint density at radius 2 is 1.61 bits per heavy atom. The monoisotopic (exact) mass is 643 g/mol. The molecule has 2 aromatic heterocycles. The molecule has 2 saturated carbocycles. The number of aromatic nitrogens is 1. The van der Waals surface area contributed by atoms with Gasteiger partial charge in [0.15, 0.2) is 11.7 Å². The summed E-state index contributed by atoms with van der Waals surface area (Å²) in [6, 6.07) is 4.35. The van der Waals surface area contributed by atoms with Crippen molar-refractivity contribution in [3.63, 3.8) is 0 Å². The summed E-state index contributed by atoms with van der Waals surface area (Å²) in [4.78, 5) is 69.0. The molecule has 1 saturated heterocycles. The van der Waals surface area contributed by atoms with E-state index in [0.717, 1.165) is 13.8 Å². The number of ether oxygens (including phenoxy) is 6. The third-order valence-electron chi connectivity index (χ3n) is 9.32. The van der Waals surface area contributed by atoms with E-state index in [9.17, 15) is 29.1 Å². The average Bonchev–Trinajstić information content (AvgIpc) is 3.56. The van der Waals surface area contributed by atoms with Gasteiger partial charge in [0.05, 0.1) is 28.6 Å². The zero-order valence-corrected chi connectivity index (χ0v) is 26.3. The van der Waals surface area contributed by atoms with Crippen LogP contribution >= 0.6 is 0 Å². The molecule has 2 bridgehead atoms. The Hall–Kier alpha value is -4.30. The third-order valence-corrected chi connectivity index (χ3v) is 9.32. The van der Waals surface area contributed by atoms with Crippen molar-refractivity contribution in [3.8, 4) is 0 Å². The first-order chi connectivity index (χ1) is 21.6. The summed E-state index contributed by atoms with van der Waals surface area (Å²) in [5, 5.41) is 12.5. The molecule has 1 aliphatic heterocycles. The fourth-order valence-corrected chi connectivity index (χ4v) is 7.68. The molecule has 2 aromatic rings. The number of furan rings is 1. The van der Waals surface area contributed by atoms with Crippen molar-refractivity contribution >= 4 is 29.8 Å². The number of esters is 5. The number of fused-ring (bicyclic) bond motifs is 1. The van der Waals surface area contributed by atoms with E-state index >= 15 is 0 Å². The molecule has 14 heteroatoms. The van der Waals surface area contributed by atoms with Gasteiger partial charge < -0.3 is 37.9 Å². The van der Waals surface area contributed by atoms with Crippen molar-refractivity contribution in [1.29, 1.82) is 0 Å². The molecular weight excluding hydrogens is 606 g/mol. The maximum absolute atomic E-state index is 13.7. The highest BCUT2D eigenvalue weighted by Crippen LogP contribution is 2.69. The van der Waals surface area contributed by atoms with Gasteiger partial charge in [-0.2, -0.15) is 0 Å². The SMILES string of the molecule is CC(=O)OCC12C(OC(=O)c3ccoc3)CC3C(OC(C)=O)C1(OC3(C)C)C(C)(O)CC(OC(C)=O)C2OC(=O)c1cccnc1. The fourth-order valence-electron chi connectivity index (χ4n) is 7.68. The van der Waals surface area contributed by atoms with Crippen LogP contribution in [0.25, 0.3) is 0 Å². The highest BCUT2D eigenvalue weighted by atomic mass is 16.6. The Balaban J connectivity index is 1.81. The topological polar surface area (TPSA) is 187 Å². The minimum Gasteiger partial charge on any atom is -0.472 e. The van der Waals surface area contributed by atoms with Crippen LogP contribution < -0.4 is 0 Å². The second-order valence-corrected chi connectivity index (χ2v) is 12.7. The smallest absolute Gasteiger partial charge is 0.341 e. The van der Waals surface area contributed by atoms with Crippen LogP contribution in [0.5, 0.6) is 0 Å². The predicted octanol–water partition coefficient (Wildman–Crippen LogP) is 2.56. The summed E-state index contributed by atoms with van der Waals surface area (Å²) in [5.41, 5.74) is -7.21. The number of carbonyl (C=O) groups excluding carboxylic acids is 5. The molecule has 14 nitrogen and oxygen atoms in total. The summed E-state index contributed by atoms with van der Waals surface area (Å²) >= 11 is 0. The van der Waals surface area contributed by atoms with E-state index in [1.54, 1.807) is 13.8 Å². The van der Waals surface area contributed by atoms with Crippen LogP contribution in [0.4, 0.5) is 0 Å². The van der Waals surface area contributed by atoms with Crippen LogP contribution in [0.2, 0.25) is 0 Å². The van der Waals surface area contributed by atoms with E-state index in [1.807, 2.05) is 0 Å². The maximum Gasteiger partial charge on any atom is 0.341 e. The molecule has 5 rings (SSSR count). The molecule has 3 heterocycles. The van der Waals surface area contributed by atoms with Gasteiger partial charge in [0.25, 0.3) is 0 Å². The van der Waals surface area contributed by atoms with Crippen molar-refractivity contribution < 1.29 is 61.9 Å². The minimum atomic E-state index is -2.06. The van der Waals surface area contributed by atoms with Crippen LogP contribution in [-0.4, -0.2) is 87.8 Å². The molecule has 2 aliphatic carbocycles. The molecule has 8 unspecified atom stereocenters. The Labute approximate surface area is 264 Å². The molecule has 248 valence electrons. The summed E-state index contributed by atoms with van der Waals surface area (Å²) in [6.07, 6.45) is -0.819. The molecule has 0 radical (unpaired) electrons. The van der Waals surface area contributed by atoms with E-state index in [-0.39, 0.29) is 24.0 Å².